The Morgan fingerprint density at radius 1 is 1.21 bits per heavy atom. The standard InChI is InChI=1S/C18H23N3O3/c1-20-8-2-4-14(20)15-5-3-9-21(15)18(23)12-6-7-16-13(10-12)19-17(22)11-24-16/h6-7,10,14-15H,2-5,8-9,11H2,1H3,(H,19,22)/t14-,15+/m0/s1. The maximum atomic E-state index is 13.0. The van der Waals surface area contributed by atoms with Gasteiger partial charge in [-0.05, 0) is 57.5 Å². The number of likely N-dealkylation sites (N-methyl/N-ethyl adjacent to an activating group) is 1. The Hall–Kier alpha value is -2.08. The molecule has 0 unspecified atom stereocenters. The van der Waals surface area contributed by atoms with Gasteiger partial charge in [0, 0.05) is 24.2 Å². The van der Waals surface area contributed by atoms with Gasteiger partial charge in [0.1, 0.15) is 5.75 Å². The van der Waals surface area contributed by atoms with Gasteiger partial charge in [-0.3, -0.25) is 9.59 Å². The van der Waals surface area contributed by atoms with Crippen LogP contribution in [0.25, 0.3) is 0 Å². The van der Waals surface area contributed by atoms with Crippen molar-refractivity contribution in [2.75, 3.05) is 32.1 Å². The van der Waals surface area contributed by atoms with Crippen LogP contribution in [0.5, 0.6) is 5.75 Å². The van der Waals surface area contributed by atoms with Gasteiger partial charge in [0.2, 0.25) is 0 Å². The van der Waals surface area contributed by atoms with E-state index in [2.05, 4.69) is 17.3 Å². The summed E-state index contributed by atoms with van der Waals surface area (Å²) in [5, 5.41) is 2.78. The third kappa shape index (κ3) is 2.65. The second-order valence-corrected chi connectivity index (χ2v) is 6.95. The van der Waals surface area contributed by atoms with Crippen molar-refractivity contribution in [3.8, 4) is 5.75 Å². The van der Waals surface area contributed by atoms with Crippen molar-refractivity contribution in [3.63, 3.8) is 0 Å². The molecule has 2 amide bonds. The second-order valence-electron chi connectivity index (χ2n) is 6.95. The number of rotatable bonds is 2. The zero-order valence-electron chi connectivity index (χ0n) is 14.0. The lowest BCUT2D eigenvalue weighted by atomic mass is 10.0. The minimum absolute atomic E-state index is 0.0303. The van der Waals surface area contributed by atoms with E-state index in [1.807, 2.05) is 4.90 Å². The first-order valence-electron chi connectivity index (χ1n) is 8.71. The molecule has 2 saturated heterocycles. The predicted octanol–water partition coefficient (Wildman–Crippen LogP) is 1.72. The number of carbonyl (C=O) groups excluding carboxylic acids is 2. The summed E-state index contributed by atoms with van der Waals surface area (Å²) in [7, 11) is 2.16. The van der Waals surface area contributed by atoms with Gasteiger partial charge in [-0.1, -0.05) is 0 Å². The Morgan fingerprint density at radius 2 is 2.00 bits per heavy atom. The number of hydrogen-bond donors (Lipinski definition) is 1. The number of nitrogens with one attached hydrogen (secondary N) is 1. The van der Waals surface area contributed by atoms with Gasteiger partial charge in [0.15, 0.2) is 6.61 Å². The Bertz CT molecular complexity index is 675. The molecule has 0 aromatic heterocycles. The van der Waals surface area contributed by atoms with Gasteiger partial charge >= 0.3 is 0 Å². The number of fused-ring (bicyclic) bond motifs is 1. The number of likely N-dealkylation sites (tertiary alicyclic amines) is 2. The SMILES string of the molecule is CN1CCC[C@H]1[C@H]1CCCN1C(=O)c1ccc2c(c1)NC(=O)CO2. The van der Waals surface area contributed by atoms with Crippen LogP contribution in [0.2, 0.25) is 0 Å². The molecule has 24 heavy (non-hydrogen) atoms. The lowest BCUT2D eigenvalue weighted by Crippen LogP contribution is -2.47. The molecule has 6 heteroatoms. The third-order valence-corrected chi connectivity index (χ3v) is 5.44. The first-order chi connectivity index (χ1) is 11.6. The highest BCUT2D eigenvalue weighted by atomic mass is 16.5. The number of carbonyl (C=O) groups is 2. The van der Waals surface area contributed by atoms with Crippen LogP contribution in [0.15, 0.2) is 18.2 Å². The Balaban J connectivity index is 1.56. The number of ether oxygens (including phenoxy) is 1. The van der Waals surface area contributed by atoms with Crippen molar-refractivity contribution in [2.24, 2.45) is 0 Å². The van der Waals surface area contributed by atoms with E-state index in [9.17, 15) is 9.59 Å². The largest absolute Gasteiger partial charge is 0.482 e. The predicted molar refractivity (Wildman–Crippen MR) is 90.3 cm³/mol. The molecular weight excluding hydrogens is 306 g/mol. The molecule has 128 valence electrons. The van der Waals surface area contributed by atoms with Gasteiger partial charge in [0.05, 0.1) is 5.69 Å². The number of amides is 2. The molecule has 0 radical (unpaired) electrons. The first-order valence-corrected chi connectivity index (χ1v) is 8.71. The minimum Gasteiger partial charge on any atom is -0.482 e. The van der Waals surface area contributed by atoms with Crippen LogP contribution in [-0.2, 0) is 4.79 Å². The van der Waals surface area contributed by atoms with E-state index >= 15 is 0 Å². The van der Waals surface area contributed by atoms with E-state index in [1.54, 1.807) is 18.2 Å². The minimum atomic E-state index is -0.182. The average Bonchev–Trinajstić information content (AvgIpc) is 3.21. The summed E-state index contributed by atoms with van der Waals surface area (Å²) in [5.41, 5.74) is 1.21. The quantitative estimate of drug-likeness (QED) is 0.897. The molecular formula is C18H23N3O3. The maximum Gasteiger partial charge on any atom is 0.262 e. The van der Waals surface area contributed by atoms with Crippen molar-refractivity contribution in [1.82, 2.24) is 9.80 Å². The van der Waals surface area contributed by atoms with E-state index in [0.717, 1.165) is 25.9 Å². The lowest BCUT2D eigenvalue weighted by molar-refractivity contribution is -0.118. The molecule has 0 aliphatic carbocycles. The van der Waals surface area contributed by atoms with Crippen molar-refractivity contribution >= 4 is 17.5 Å². The summed E-state index contributed by atoms with van der Waals surface area (Å²) in [5.74, 6) is 0.499. The van der Waals surface area contributed by atoms with E-state index in [-0.39, 0.29) is 18.4 Å². The van der Waals surface area contributed by atoms with Crippen LogP contribution in [0.1, 0.15) is 36.0 Å². The highest BCUT2D eigenvalue weighted by Crippen LogP contribution is 2.32. The third-order valence-electron chi connectivity index (χ3n) is 5.44. The van der Waals surface area contributed by atoms with Crippen molar-refractivity contribution in [1.29, 1.82) is 0 Å². The highest BCUT2D eigenvalue weighted by molar-refractivity contribution is 6.00. The molecule has 2 atom stereocenters. The molecule has 0 spiro atoms. The number of anilines is 1. The first kappa shape index (κ1) is 15.4. The summed E-state index contributed by atoms with van der Waals surface area (Å²) >= 11 is 0. The van der Waals surface area contributed by atoms with E-state index in [4.69, 9.17) is 4.74 Å². The number of hydrogen-bond acceptors (Lipinski definition) is 4. The summed E-state index contributed by atoms with van der Waals surface area (Å²) in [4.78, 5) is 28.9. The van der Waals surface area contributed by atoms with Crippen LogP contribution >= 0.6 is 0 Å². The summed E-state index contributed by atoms with van der Waals surface area (Å²) in [6.45, 7) is 1.96. The summed E-state index contributed by atoms with van der Waals surface area (Å²) < 4.78 is 5.37. The zero-order chi connectivity index (χ0) is 16.7. The van der Waals surface area contributed by atoms with Crippen LogP contribution in [0.3, 0.4) is 0 Å². The molecule has 3 heterocycles. The zero-order valence-corrected chi connectivity index (χ0v) is 14.0. The highest BCUT2D eigenvalue weighted by Gasteiger charge is 2.38. The van der Waals surface area contributed by atoms with Crippen LogP contribution in [-0.4, -0.2) is 60.4 Å². The summed E-state index contributed by atoms with van der Waals surface area (Å²) in [6.07, 6.45) is 4.51. The lowest BCUT2D eigenvalue weighted by Gasteiger charge is -2.33. The molecule has 4 rings (SSSR count). The fourth-order valence-electron chi connectivity index (χ4n) is 4.25. The molecule has 2 fully saturated rings. The second kappa shape index (κ2) is 6.09. The van der Waals surface area contributed by atoms with Crippen LogP contribution < -0.4 is 10.1 Å². The van der Waals surface area contributed by atoms with E-state index < -0.39 is 0 Å². The Morgan fingerprint density at radius 3 is 2.79 bits per heavy atom. The van der Waals surface area contributed by atoms with Crippen LogP contribution in [0.4, 0.5) is 5.69 Å². The normalized spacial score (nSPS) is 26.9. The fraction of sp³-hybridized carbons (Fsp3) is 0.556. The van der Waals surface area contributed by atoms with Crippen molar-refractivity contribution in [2.45, 2.75) is 37.8 Å². The van der Waals surface area contributed by atoms with Gasteiger partial charge in [-0.15, -0.1) is 0 Å². The molecule has 0 saturated carbocycles. The Kier molecular flexibility index (Phi) is 3.92. The summed E-state index contributed by atoms with van der Waals surface area (Å²) in [6, 6.07) is 6.08. The van der Waals surface area contributed by atoms with Crippen LogP contribution in [0, 0.1) is 0 Å². The topological polar surface area (TPSA) is 61.9 Å². The molecule has 3 aliphatic rings. The van der Waals surface area contributed by atoms with Gasteiger partial charge in [-0.2, -0.15) is 0 Å². The molecule has 1 N–H and O–H groups in total. The monoisotopic (exact) mass is 329 g/mol. The maximum absolute atomic E-state index is 13.0. The molecule has 1 aromatic rings. The number of nitrogens with zero attached hydrogens (tertiary/aromatic N) is 2. The number of benzene rings is 1. The van der Waals surface area contributed by atoms with Crippen molar-refractivity contribution < 1.29 is 14.3 Å². The smallest absolute Gasteiger partial charge is 0.262 e. The molecule has 1 aromatic carbocycles. The van der Waals surface area contributed by atoms with Gasteiger partial charge in [-0.25, -0.2) is 0 Å². The van der Waals surface area contributed by atoms with Crippen molar-refractivity contribution in [3.05, 3.63) is 23.8 Å². The molecule has 3 aliphatic heterocycles. The van der Waals surface area contributed by atoms with E-state index in [0.29, 0.717) is 29.1 Å². The van der Waals surface area contributed by atoms with Gasteiger partial charge < -0.3 is 19.9 Å². The molecule has 6 nitrogen and oxygen atoms in total. The molecule has 0 bridgehead atoms. The van der Waals surface area contributed by atoms with Gasteiger partial charge in [0.25, 0.3) is 11.8 Å². The average molecular weight is 329 g/mol. The van der Waals surface area contributed by atoms with E-state index in [1.165, 1.54) is 12.8 Å². The Labute approximate surface area is 141 Å². The fourth-order valence-corrected chi connectivity index (χ4v) is 4.25.